The van der Waals surface area contributed by atoms with Gasteiger partial charge in [-0.15, -0.1) is 40.8 Å². The molecular weight excluding hydrogens is 443 g/mol. The highest BCUT2D eigenvalue weighted by Gasteiger charge is 2.22. The SMILES string of the molecule is C=CCNC(=NCc1nnc(C)n1C)NCC1Cc2ccccc2O1.I. The summed E-state index contributed by atoms with van der Waals surface area (Å²) in [5, 5.41) is 14.7. The Morgan fingerprint density at radius 1 is 1.38 bits per heavy atom. The highest BCUT2D eigenvalue weighted by molar-refractivity contribution is 14.0. The molecule has 0 radical (unpaired) electrons. The van der Waals surface area contributed by atoms with Gasteiger partial charge in [0.1, 0.15) is 24.2 Å². The number of nitrogens with one attached hydrogen (secondary N) is 2. The monoisotopic (exact) mass is 468 g/mol. The fraction of sp³-hybridized carbons (Fsp3) is 0.389. The average Bonchev–Trinajstić information content (AvgIpc) is 3.18. The first-order chi connectivity index (χ1) is 12.2. The van der Waals surface area contributed by atoms with E-state index in [0.717, 1.165) is 23.8 Å². The molecule has 2 N–H and O–H groups in total. The normalized spacial score (nSPS) is 15.6. The van der Waals surface area contributed by atoms with Crippen molar-refractivity contribution in [1.82, 2.24) is 25.4 Å². The summed E-state index contributed by atoms with van der Waals surface area (Å²) in [4.78, 5) is 4.58. The third-order valence-electron chi connectivity index (χ3n) is 4.19. The molecule has 3 rings (SSSR count). The van der Waals surface area contributed by atoms with Crippen molar-refractivity contribution in [3.63, 3.8) is 0 Å². The van der Waals surface area contributed by atoms with Crippen LogP contribution in [0.1, 0.15) is 17.2 Å². The third kappa shape index (κ3) is 4.96. The summed E-state index contributed by atoms with van der Waals surface area (Å²) < 4.78 is 7.89. The zero-order valence-corrected chi connectivity index (χ0v) is 17.4. The number of ether oxygens (including phenoxy) is 1. The Morgan fingerprint density at radius 3 is 2.88 bits per heavy atom. The molecule has 0 amide bonds. The van der Waals surface area contributed by atoms with Crippen LogP contribution in [0.15, 0.2) is 41.9 Å². The van der Waals surface area contributed by atoms with Crippen molar-refractivity contribution in [3.8, 4) is 5.75 Å². The Balaban J connectivity index is 0.00000243. The number of aliphatic imine (C=N–C) groups is 1. The van der Waals surface area contributed by atoms with Crippen molar-refractivity contribution < 1.29 is 4.74 Å². The molecule has 2 heterocycles. The molecule has 1 atom stereocenters. The third-order valence-corrected chi connectivity index (χ3v) is 4.19. The van der Waals surface area contributed by atoms with Gasteiger partial charge in [0.2, 0.25) is 0 Å². The van der Waals surface area contributed by atoms with E-state index in [9.17, 15) is 0 Å². The highest BCUT2D eigenvalue weighted by Crippen LogP contribution is 2.27. The van der Waals surface area contributed by atoms with Gasteiger partial charge in [0.05, 0.1) is 6.54 Å². The zero-order valence-electron chi connectivity index (χ0n) is 15.1. The van der Waals surface area contributed by atoms with E-state index in [-0.39, 0.29) is 30.1 Å². The van der Waals surface area contributed by atoms with Crippen molar-refractivity contribution in [1.29, 1.82) is 0 Å². The van der Waals surface area contributed by atoms with Crippen molar-refractivity contribution in [2.45, 2.75) is 26.0 Å². The van der Waals surface area contributed by atoms with Crippen LogP contribution in [0.25, 0.3) is 0 Å². The lowest BCUT2D eigenvalue weighted by atomic mass is 10.1. The maximum atomic E-state index is 5.96. The standard InChI is InChI=1S/C18H24N6O.HI/c1-4-9-19-18(21-12-17-23-22-13(2)24(17)3)20-11-15-10-14-7-5-6-8-16(14)25-15;/h4-8,15H,1,9-12H2,2-3H3,(H2,19,20,21);1H. The molecule has 1 aliphatic rings. The van der Waals surface area contributed by atoms with Gasteiger partial charge >= 0.3 is 0 Å². The maximum Gasteiger partial charge on any atom is 0.192 e. The van der Waals surface area contributed by atoms with E-state index in [2.05, 4.69) is 38.5 Å². The van der Waals surface area contributed by atoms with Crippen molar-refractivity contribution in [3.05, 3.63) is 54.1 Å². The molecule has 1 aromatic carbocycles. The number of hydrogen-bond acceptors (Lipinski definition) is 4. The molecule has 0 aliphatic carbocycles. The number of para-hydroxylation sites is 1. The van der Waals surface area contributed by atoms with Gasteiger partial charge in [0.25, 0.3) is 0 Å². The van der Waals surface area contributed by atoms with E-state index in [4.69, 9.17) is 4.74 Å². The van der Waals surface area contributed by atoms with Crippen LogP contribution in [0.4, 0.5) is 0 Å². The first-order valence-corrected chi connectivity index (χ1v) is 8.40. The molecule has 8 heteroatoms. The number of rotatable bonds is 6. The lowest BCUT2D eigenvalue weighted by Crippen LogP contribution is -2.42. The van der Waals surface area contributed by atoms with Crippen LogP contribution in [-0.2, 0) is 20.0 Å². The zero-order chi connectivity index (χ0) is 17.6. The van der Waals surface area contributed by atoms with Crippen LogP contribution in [0.5, 0.6) is 5.75 Å². The molecule has 7 nitrogen and oxygen atoms in total. The molecule has 1 aliphatic heterocycles. The van der Waals surface area contributed by atoms with Crippen LogP contribution >= 0.6 is 24.0 Å². The van der Waals surface area contributed by atoms with Crippen molar-refractivity contribution in [2.75, 3.05) is 13.1 Å². The Morgan fingerprint density at radius 2 is 2.19 bits per heavy atom. The average molecular weight is 468 g/mol. The minimum absolute atomic E-state index is 0. The molecule has 0 bridgehead atoms. The van der Waals surface area contributed by atoms with E-state index in [0.29, 0.717) is 25.6 Å². The number of benzene rings is 1. The van der Waals surface area contributed by atoms with E-state index in [1.807, 2.05) is 36.7 Å². The minimum atomic E-state index is 0. The Hall–Kier alpha value is -2.10. The summed E-state index contributed by atoms with van der Waals surface area (Å²) in [5.74, 6) is 3.37. The van der Waals surface area contributed by atoms with E-state index >= 15 is 0 Å². The fourth-order valence-corrected chi connectivity index (χ4v) is 2.66. The van der Waals surface area contributed by atoms with Crippen LogP contribution in [0.3, 0.4) is 0 Å². The first kappa shape index (κ1) is 20.2. The van der Waals surface area contributed by atoms with Crippen molar-refractivity contribution in [2.24, 2.45) is 12.0 Å². The maximum absolute atomic E-state index is 5.96. The number of aryl methyl sites for hydroxylation is 1. The smallest absolute Gasteiger partial charge is 0.192 e. The van der Waals surface area contributed by atoms with E-state index in [1.165, 1.54) is 5.56 Å². The molecule has 140 valence electrons. The van der Waals surface area contributed by atoms with Crippen LogP contribution in [-0.4, -0.2) is 39.9 Å². The van der Waals surface area contributed by atoms with Gasteiger partial charge < -0.3 is 19.9 Å². The second-order valence-corrected chi connectivity index (χ2v) is 5.99. The molecule has 0 saturated carbocycles. The molecule has 0 spiro atoms. The minimum Gasteiger partial charge on any atom is -0.488 e. The second kappa shape index (κ2) is 9.56. The summed E-state index contributed by atoms with van der Waals surface area (Å²) in [6, 6.07) is 8.16. The van der Waals surface area contributed by atoms with Gasteiger partial charge in [0.15, 0.2) is 11.8 Å². The van der Waals surface area contributed by atoms with Gasteiger partial charge in [-0.05, 0) is 18.6 Å². The molecular formula is C18H25IN6O. The van der Waals surface area contributed by atoms with Gasteiger partial charge in [-0.25, -0.2) is 4.99 Å². The van der Waals surface area contributed by atoms with E-state index in [1.54, 1.807) is 6.08 Å². The lowest BCUT2D eigenvalue weighted by molar-refractivity contribution is 0.235. The Kier molecular flexibility index (Phi) is 7.43. The number of fused-ring (bicyclic) bond motifs is 1. The summed E-state index contributed by atoms with van der Waals surface area (Å²) >= 11 is 0. The number of guanidine groups is 1. The van der Waals surface area contributed by atoms with Gasteiger partial charge in [-0.1, -0.05) is 24.3 Å². The molecule has 0 fully saturated rings. The molecule has 2 aromatic rings. The number of hydrogen-bond donors (Lipinski definition) is 2. The summed E-state index contributed by atoms with van der Waals surface area (Å²) in [6.07, 6.45) is 2.80. The number of halogens is 1. The quantitative estimate of drug-likeness (QED) is 0.294. The van der Waals surface area contributed by atoms with Gasteiger partial charge in [-0.2, -0.15) is 0 Å². The van der Waals surface area contributed by atoms with Gasteiger partial charge in [0, 0.05) is 20.0 Å². The lowest BCUT2D eigenvalue weighted by Gasteiger charge is -2.15. The fourth-order valence-electron chi connectivity index (χ4n) is 2.66. The van der Waals surface area contributed by atoms with E-state index < -0.39 is 0 Å². The van der Waals surface area contributed by atoms with Crippen LogP contribution in [0, 0.1) is 6.92 Å². The number of nitrogens with zero attached hydrogens (tertiary/aromatic N) is 4. The largest absolute Gasteiger partial charge is 0.488 e. The summed E-state index contributed by atoms with van der Waals surface area (Å²) in [7, 11) is 1.94. The molecule has 1 aromatic heterocycles. The highest BCUT2D eigenvalue weighted by atomic mass is 127. The molecule has 1 unspecified atom stereocenters. The number of aromatic nitrogens is 3. The van der Waals surface area contributed by atoms with Gasteiger partial charge in [-0.3, -0.25) is 0 Å². The van der Waals surface area contributed by atoms with Crippen molar-refractivity contribution >= 4 is 29.9 Å². The predicted octanol–water partition coefficient (Wildman–Crippen LogP) is 1.97. The van der Waals surface area contributed by atoms with Crippen LogP contribution < -0.4 is 15.4 Å². The summed E-state index contributed by atoms with van der Waals surface area (Å²) in [6.45, 7) is 7.42. The predicted molar refractivity (Wildman–Crippen MR) is 113 cm³/mol. The molecule has 0 saturated heterocycles. The van der Waals surface area contributed by atoms with Crippen LogP contribution in [0.2, 0.25) is 0 Å². The summed E-state index contributed by atoms with van der Waals surface area (Å²) in [5.41, 5.74) is 1.25. The Labute approximate surface area is 171 Å². The second-order valence-electron chi connectivity index (χ2n) is 5.99. The molecule has 26 heavy (non-hydrogen) atoms. The Bertz CT molecular complexity index is 748. The topological polar surface area (TPSA) is 76.4 Å². The first-order valence-electron chi connectivity index (χ1n) is 8.40.